The highest BCUT2D eigenvalue weighted by Gasteiger charge is 2.35. The first-order valence-corrected chi connectivity index (χ1v) is 9.06. The van der Waals surface area contributed by atoms with Crippen LogP contribution < -0.4 is 0 Å². The van der Waals surface area contributed by atoms with Crippen LogP contribution in [0.1, 0.15) is 68.3 Å². The van der Waals surface area contributed by atoms with E-state index in [9.17, 15) is 14.3 Å². The summed E-state index contributed by atoms with van der Waals surface area (Å²) in [7, 11) is 0. The Balaban J connectivity index is 1.73. The summed E-state index contributed by atoms with van der Waals surface area (Å²) in [6, 6.07) is 4.27. The van der Waals surface area contributed by atoms with Gasteiger partial charge in [-0.15, -0.1) is 0 Å². The van der Waals surface area contributed by atoms with Crippen LogP contribution in [0.3, 0.4) is 0 Å². The van der Waals surface area contributed by atoms with Crippen LogP contribution in [0.2, 0.25) is 0 Å². The summed E-state index contributed by atoms with van der Waals surface area (Å²) in [6.07, 6.45) is 6.39. The monoisotopic (exact) mass is 340 g/mol. The molecule has 0 saturated carbocycles. The Morgan fingerprint density at radius 3 is 2.88 bits per heavy atom. The van der Waals surface area contributed by atoms with Crippen LogP contribution in [-0.2, 0) is 0 Å². The van der Waals surface area contributed by atoms with Crippen molar-refractivity contribution in [2.75, 3.05) is 0 Å². The van der Waals surface area contributed by atoms with E-state index in [0.29, 0.717) is 11.8 Å². The largest absolute Gasteiger partial charge is 0.380 e. The molecule has 3 heteroatoms. The van der Waals surface area contributed by atoms with E-state index in [2.05, 4.69) is 25.7 Å². The molecule has 0 saturated heterocycles. The number of carbonyl (C=O) groups is 1. The quantitative estimate of drug-likeness (QED) is 0.483. The number of aldehydes is 1. The molecule has 3 rings (SSSR count). The molecule has 0 aliphatic heterocycles. The van der Waals surface area contributed by atoms with Crippen LogP contribution >= 0.6 is 0 Å². The molecule has 1 aromatic carbocycles. The maximum absolute atomic E-state index is 13.6. The lowest BCUT2D eigenvalue weighted by molar-refractivity contribution is 0.111. The van der Waals surface area contributed by atoms with Crippen LogP contribution in [0.5, 0.6) is 0 Å². The molecule has 1 N–H and O–H groups in total. The Hall–Kier alpha value is -1.92. The average Bonchev–Trinajstić information content (AvgIpc) is 2.59. The second-order valence-electron chi connectivity index (χ2n) is 7.89. The smallest absolute Gasteiger partial charge is 0.152 e. The Morgan fingerprint density at radius 1 is 1.36 bits per heavy atom. The van der Waals surface area contributed by atoms with Crippen molar-refractivity contribution >= 4 is 6.29 Å². The van der Waals surface area contributed by atoms with Crippen LogP contribution in [-0.4, -0.2) is 17.5 Å². The van der Waals surface area contributed by atoms with Gasteiger partial charge in [0.15, 0.2) is 6.29 Å². The van der Waals surface area contributed by atoms with Crippen LogP contribution in [0.4, 0.5) is 4.39 Å². The minimum absolute atomic E-state index is 0.0253. The van der Waals surface area contributed by atoms with Gasteiger partial charge in [0.05, 0.1) is 5.56 Å². The third-order valence-electron chi connectivity index (χ3n) is 5.75. The number of rotatable bonds is 2. The van der Waals surface area contributed by atoms with Gasteiger partial charge in [-0.05, 0) is 62.1 Å². The fraction of sp³-hybridized carbons (Fsp3) is 0.500. The van der Waals surface area contributed by atoms with Crippen LogP contribution in [0.15, 0.2) is 29.3 Å². The fourth-order valence-corrected chi connectivity index (χ4v) is 4.19. The lowest BCUT2D eigenvalue weighted by Crippen LogP contribution is -2.30. The number of aliphatic hydroxyl groups is 1. The zero-order chi connectivity index (χ0) is 18.0. The minimum atomic E-state index is -0.708. The summed E-state index contributed by atoms with van der Waals surface area (Å²) < 4.78 is 13.6. The molecule has 2 aliphatic rings. The Kier molecular flexibility index (Phi) is 5.11. The molecule has 0 heterocycles. The van der Waals surface area contributed by atoms with Gasteiger partial charge >= 0.3 is 0 Å². The summed E-state index contributed by atoms with van der Waals surface area (Å²) in [6.45, 7) is 4.61. The molecule has 0 aromatic heterocycles. The number of benzene rings is 1. The molecule has 2 unspecified atom stereocenters. The predicted octanol–water partition coefficient (Wildman–Crippen LogP) is 4.66. The SMILES string of the molecule is CC1(C)CCCC2=C1CC(C(O)C#Cc1ccc(C=O)c(F)c1)CC2. The minimum Gasteiger partial charge on any atom is -0.380 e. The van der Waals surface area contributed by atoms with E-state index in [1.165, 1.54) is 37.0 Å². The molecular formula is C22H25FO2. The van der Waals surface area contributed by atoms with Gasteiger partial charge in [-0.1, -0.05) is 36.8 Å². The first kappa shape index (κ1) is 17.9. The molecular weight excluding hydrogens is 315 g/mol. The lowest BCUT2D eigenvalue weighted by Gasteiger charge is -2.41. The van der Waals surface area contributed by atoms with E-state index in [4.69, 9.17) is 0 Å². The standard InChI is InChI=1S/C22H25FO2/c1-22(2)11-3-4-16-8-9-17(13-19(16)22)21(25)10-6-15-5-7-18(14-24)20(23)12-15/h5,7,12,14,17,21,25H,3-4,8-9,11,13H2,1-2H3. The highest BCUT2D eigenvalue weighted by Crippen LogP contribution is 2.48. The highest BCUT2D eigenvalue weighted by molar-refractivity contribution is 5.75. The molecule has 2 nitrogen and oxygen atoms in total. The molecule has 132 valence electrons. The first-order valence-electron chi connectivity index (χ1n) is 9.06. The number of halogens is 1. The zero-order valence-corrected chi connectivity index (χ0v) is 14.9. The van der Waals surface area contributed by atoms with Crippen molar-refractivity contribution in [3.63, 3.8) is 0 Å². The van der Waals surface area contributed by atoms with Crippen molar-refractivity contribution < 1.29 is 14.3 Å². The van der Waals surface area contributed by atoms with Crippen molar-refractivity contribution in [2.45, 2.75) is 58.5 Å². The second-order valence-corrected chi connectivity index (χ2v) is 7.89. The van der Waals surface area contributed by atoms with Crippen molar-refractivity contribution in [3.05, 3.63) is 46.3 Å². The van der Waals surface area contributed by atoms with E-state index in [1.54, 1.807) is 11.6 Å². The van der Waals surface area contributed by atoms with E-state index in [-0.39, 0.29) is 16.9 Å². The summed E-state index contributed by atoms with van der Waals surface area (Å²) in [5, 5.41) is 10.5. The molecule has 0 radical (unpaired) electrons. The summed E-state index contributed by atoms with van der Waals surface area (Å²) >= 11 is 0. The van der Waals surface area contributed by atoms with Gasteiger partial charge in [-0.3, -0.25) is 4.79 Å². The topological polar surface area (TPSA) is 37.3 Å². The van der Waals surface area contributed by atoms with Crippen molar-refractivity contribution in [1.82, 2.24) is 0 Å². The molecule has 0 bridgehead atoms. The van der Waals surface area contributed by atoms with Gasteiger partial charge in [-0.2, -0.15) is 0 Å². The van der Waals surface area contributed by atoms with Crippen molar-refractivity contribution in [2.24, 2.45) is 11.3 Å². The molecule has 2 aliphatic carbocycles. The van der Waals surface area contributed by atoms with Crippen LogP contribution in [0.25, 0.3) is 0 Å². The van der Waals surface area contributed by atoms with Crippen molar-refractivity contribution in [1.29, 1.82) is 0 Å². The average molecular weight is 340 g/mol. The summed E-state index contributed by atoms with van der Waals surface area (Å²) in [5.41, 5.74) is 3.86. The Labute approximate surface area is 149 Å². The maximum atomic E-state index is 13.6. The molecule has 1 aromatic rings. The Bertz CT molecular complexity index is 764. The number of aliphatic hydroxyl groups excluding tert-OH is 1. The number of hydrogen-bond donors (Lipinski definition) is 1. The van der Waals surface area contributed by atoms with Gasteiger partial charge in [-0.25, -0.2) is 4.39 Å². The maximum Gasteiger partial charge on any atom is 0.152 e. The molecule has 0 amide bonds. The van der Waals surface area contributed by atoms with Crippen LogP contribution in [0, 0.1) is 29.0 Å². The lowest BCUT2D eigenvalue weighted by atomic mass is 9.65. The molecule has 2 atom stereocenters. The van der Waals surface area contributed by atoms with Crippen molar-refractivity contribution in [3.8, 4) is 11.8 Å². The zero-order valence-electron chi connectivity index (χ0n) is 14.9. The Morgan fingerprint density at radius 2 is 2.16 bits per heavy atom. The van der Waals surface area contributed by atoms with E-state index in [1.807, 2.05) is 0 Å². The van der Waals surface area contributed by atoms with E-state index < -0.39 is 11.9 Å². The van der Waals surface area contributed by atoms with Gasteiger partial charge in [0.1, 0.15) is 11.9 Å². The fourth-order valence-electron chi connectivity index (χ4n) is 4.19. The highest BCUT2D eigenvalue weighted by atomic mass is 19.1. The summed E-state index contributed by atoms with van der Waals surface area (Å²) in [5.74, 6) is 5.30. The molecule has 0 fully saturated rings. The van der Waals surface area contributed by atoms with E-state index in [0.717, 1.165) is 19.3 Å². The molecule has 25 heavy (non-hydrogen) atoms. The van der Waals surface area contributed by atoms with Gasteiger partial charge < -0.3 is 5.11 Å². The summed E-state index contributed by atoms with van der Waals surface area (Å²) in [4.78, 5) is 10.7. The third kappa shape index (κ3) is 3.85. The number of allylic oxidation sites excluding steroid dienone is 2. The first-order chi connectivity index (χ1) is 11.9. The van der Waals surface area contributed by atoms with Gasteiger partial charge in [0.25, 0.3) is 0 Å². The van der Waals surface area contributed by atoms with Gasteiger partial charge in [0.2, 0.25) is 0 Å². The third-order valence-corrected chi connectivity index (χ3v) is 5.75. The number of carbonyl (C=O) groups excluding carboxylic acids is 1. The number of hydrogen-bond acceptors (Lipinski definition) is 2. The normalized spacial score (nSPS) is 23.3. The van der Waals surface area contributed by atoms with E-state index >= 15 is 0 Å². The predicted molar refractivity (Wildman–Crippen MR) is 96.7 cm³/mol. The second kappa shape index (κ2) is 7.14. The van der Waals surface area contributed by atoms with Gasteiger partial charge in [0, 0.05) is 11.5 Å². The molecule has 0 spiro atoms.